The minimum Gasteiger partial charge on any atom is -0.372 e. The molecule has 0 aliphatic carbocycles. The monoisotopic (exact) mass is 302 g/mol. The van der Waals surface area contributed by atoms with Gasteiger partial charge in [-0.25, -0.2) is 0 Å². The summed E-state index contributed by atoms with van der Waals surface area (Å²) in [7, 11) is 0. The Bertz CT molecular complexity index is 717. The van der Waals surface area contributed by atoms with Gasteiger partial charge in [0.15, 0.2) is 0 Å². The van der Waals surface area contributed by atoms with Crippen molar-refractivity contribution < 1.29 is 0 Å². The average molecular weight is 302 g/mol. The van der Waals surface area contributed by atoms with Gasteiger partial charge in [-0.2, -0.15) is 0 Å². The lowest BCUT2D eigenvalue weighted by Gasteiger charge is -2.23. The van der Waals surface area contributed by atoms with Crippen LogP contribution in [0.4, 0.5) is 5.69 Å². The first-order valence-electron chi connectivity index (χ1n) is 7.95. The Kier molecular flexibility index (Phi) is 4.42. The molecule has 0 bridgehead atoms. The Hall–Kier alpha value is -2.61. The van der Waals surface area contributed by atoms with Crippen LogP contribution in [0.2, 0.25) is 0 Å². The van der Waals surface area contributed by atoms with Gasteiger partial charge < -0.3 is 5.32 Å². The Morgan fingerprint density at radius 2 is 1.48 bits per heavy atom. The summed E-state index contributed by atoms with van der Waals surface area (Å²) in [5, 5.41) is 3.71. The summed E-state index contributed by atoms with van der Waals surface area (Å²) in [6.07, 6.45) is 1.85. The Morgan fingerprint density at radius 1 is 0.826 bits per heavy atom. The highest BCUT2D eigenvalue weighted by Gasteiger charge is 2.17. The summed E-state index contributed by atoms with van der Waals surface area (Å²) in [5.74, 6) is 0. The van der Waals surface area contributed by atoms with Gasteiger partial charge in [-0.3, -0.25) is 4.98 Å². The molecule has 0 radical (unpaired) electrons. The first-order chi connectivity index (χ1) is 11.1. The molecular weight excluding hydrogens is 280 g/mol. The van der Waals surface area contributed by atoms with Crippen LogP contribution in [0.5, 0.6) is 0 Å². The molecule has 3 rings (SSSR count). The molecule has 1 aromatic heterocycles. The number of nitrogens with one attached hydrogen (secondary N) is 1. The van der Waals surface area contributed by atoms with E-state index in [2.05, 4.69) is 73.5 Å². The molecule has 1 atom stereocenters. The topological polar surface area (TPSA) is 24.9 Å². The molecule has 23 heavy (non-hydrogen) atoms. The third-order valence-corrected chi connectivity index (χ3v) is 4.08. The maximum Gasteiger partial charge on any atom is 0.0940 e. The van der Waals surface area contributed by atoms with Crippen molar-refractivity contribution in [3.05, 3.63) is 94.8 Å². The maximum absolute atomic E-state index is 4.57. The first-order valence-corrected chi connectivity index (χ1v) is 7.95. The number of aromatic nitrogens is 1. The molecule has 116 valence electrons. The number of pyridine rings is 1. The van der Waals surface area contributed by atoms with E-state index in [0.29, 0.717) is 0 Å². The number of hydrogen-bond donors (Lipinski definition) is 1. The molecule has 0 fully saturated rings. The van der Waals surface area contributed by atoms with Gasteiger partial charge in [0.2, 0.25) is 0 Å². The van der Waals surface area contributed by atoms with Crippen molar-refractivity contribution in [1.82, 2.24) is 4.98 Å². The van der Waals surface area contributed by atoms with Crippen LogP contribution in [-0.4, -0.2) is 4.98 Å². The van der Waals surface area contributed by atoms with Gasteiger partial charge in [-0.1, -0.05) is 54.1 Å². The van der Waals surface area contributed by atoms with Gasteiger partial charge in [-0.05, 0) is 49.6 Å². The minimum absolute atomic E-state index is 0.0394. The zero-order valence-electron chi connectivity index (χ0n) is 13.9. The number of hydrogen-bond acceptors (Lipinski definition) is 2. The number of aryl methyl sites for hydroxylation is 3. The molecule has 1 unspecified atom stereocenters. The van der Waals surface area contributed by atoms with E-state index < -0.39 is 0 Å². The van der Waals surface area contributed by atoms with Gasteiger partial charge in [0, 0.05) is 11.9 Å². The van der Waals surface area contributed by atoms with E-state index in [-0.39, 0.29) is 6.04 Å². The summed E-state index contributed by atoms with van der Waals surface area (Å²) in [6.45, 7) is 6.45. The molecule has 0 saturated heterocycles. The van der Waals surface area contributed by atoms with Crippen LogP contribution in [0.25, 0.3) is 0 Å². The van der Waals surface area contributed by atoms with Crippen LogP contribution in [0.1, 0.15) is 34.0 Å². The fourth-order valence-electron chi connectivity index (χ4n) is 3.07. The van der Waals surface area contributed by atoms with Gasteiger partial charge in [0.1, 0.15) is 0 Å². The lowest BCUT2D eigenvalue weighted by molar-refractivity contribution is 0.883. The molecule has 0 saturated carbocycles. The second kappa shape index (κ2) is 6.66. The normalized spacial score (nSPS) is 12.0. The molecule has 2 heteroatoms. The number of nitrogens with zero attached hydrogens (tertiary/aromatic N) is 1. The van der Waals surface area contributed by atoms with Crippen molar-refractivity contribution in [2.75, 3.05) is 5.32 Å². The summed E-state index contributed by atoms with van der Waals surface area (Å²) < 4.78 is 0. The minimum atomic E-state index is 0.0394. The van der Waals surface area contributed by atoms with Crippen LogP contribution in [0, 0.1) is 20.8 Å². The van der Waals surface area contributed by atoms with Crippen molar-refractivity contribution >= 4 is 5.69 Å². The highest BCUT2D eigenvalue weighted by atomic mass is 15.0. The molecule has 2 aromatic carbocycles. The number of rotatable bonds is 4. The summed E-state index contributed by atoms with van der Waals surface area (Å²) in [5.41, 5.74) is 7.25. The number of anilines is 1. The Labute approximate surface area is 138 Å². The third kappa shape index (κ3) is 3.42. The second-order valence-corrected chi connectivity index (χ2v) is 6.02. The van der Waals surface area contributed by atoms with Gasteiger partial charge in [0.05, 0.1) is 11.7 Å². The van der Waals surface area contributed by atoms with E-state index in [9.17, 15) is 0 Å². The fourth-order valence-corrected chi connectivity index (χ4v) is 3.07. The van der Waals surface area contributed by atoms with Crippen LogP contribution >= 0.6 is 0 Å². The van der Waals surface area contributed by atoms with Crippen LogP contribution < -0.4 is 5.32 Å². The predicted molar refractivity (Wildman–Crippen MR) is 96.8 cm³/mol. The average Bonchev–Trinajstić information content (AvgIpc) is 2.56. The smallest absolute Gasteiger partial charge is 0.0940 e. The lowest BCUT2D eigenvalue weighted by Crippen LogP contribution is -2.15. The zero-order chi connectivity index (χ0) is 16.2. The molecule has 0 amide bonds. The molecule has 1 heterocycles. The molecular formula is C21H22N2. The van der Waals surface area contributed by atoms with Gasteiger partial charge >= 0.3 is 0 Å². The van der Waals surface area contributed by atoms with E-state index in [1.165, 1.54) is 27.9 Å². The SMILES string of the molecule is Cc1cc(C)c(NC(c2ccccc2)c2ccccn2)c(C)c1. The highest BCUT2D eigenvalue weighted by molar-refractivity contribution is 5.60. The van der Waals surface area contributed by atoms with Gasteiger partial charge in [-0.15, -0.1) is 0 Å². The standard InChI is InChI=1S/C21H22N2/c1-15-13-16(2)20(17(3)14-15)23-21(18-9-5-4-6-10-18)19-11-7-8-12-22-19/h4-14,21,23H,1-3H3. The lowest BCUT2D eigenvalue weighted by atomic mass is 9.99. The van der Waals surface area contributed by atoms with Crippen molar-refractivity contribution in [3.63, 3.8) is 0 Å². The molecule has 0 aliphatic rings. The van der Waals surface area contributed by atoms with Crippen molar-refractivity contribution in [2.24, 2.45) is 0 Å². The van der Waals surface area contributed by atoms with Crippen LogP contribution in [0.15, 0.2) is 66.9 Å². The van der Waals surface area contributed by atoms with E-state index in [0.717, 1.165) is 5.69 Å². The maximum atomic E-state index is 4.57. The van der Waals surface area contributed by atoms with E-state index in [1.54, 1.807) is 0 Å². The highest BCUT2D eigenvalue weighted by Crippen LogP contribution is 2.30. The zero-order valence-corrected chi connectivity index (χ0v) is 13.9. The largest absolute Gasteiger partial charge is 0.372 e. The molecule has 3 aromatic rings. The van der Waals surface area contributed by atoms with E-state index >= 15 is 0 Å². The number of benzene rings is 2. The fraction of sp³-hybridized carbons (Fsp3) is 0.190. The first kappa shape index (κ1) is 15.3. The van der Waals surface area contributed by atoms with E-state index in [4.69, 9.17) is 0 Å². The second-order valence-electron chi connectivity index (χ2n) is 6.02. The van der Waals surface area contributed by atoms with Crippen molar-refractivity contribution in [1.29, 1.82) is 0 Å². The summed E-state index contributed by atoms with van der Waals surface area (Å²) >= 11 is 0. The predicted octanol–water partition coefficient (Wildman–Crippen LogP) is 5.21. The van der Waals surface area contributed by atoms with Crippen molar-refractivity contribution in [3.8, 4) is 0 Å². The Morgan fingerprint density at radius 3 is 2.09 bits per heavy atom. The molecule has 0 spiro atoms. The molecule has 1 N–H and O–H groups in total. The van der Waals surface area contributed by atoms with Gasteiger partial charge in [0.25, 0.3) is 0 Å². The summed E-state index contributed by atoms with van der Waals surface area (Å²) in [4.78, 5) is 4.57. The van der Waals surface area contributed by atoms with E-state index in [1.807, 2.05) is 24.4 Å². The third-order valence-electron chi connectivity index (χ3n) is 4.08. The van der Waals surface area contributed by atoms with Crippen LogP contribution in [0.3, 0.4) is 0 Å². The quantitative estimate of drug-likeness (QED) is 0.715. The van der Waals surface area contributed by atoms with Crippen LogP contribution in [-0.2, 0) is 0 Å². The summed E-state index contributed by atoms with van der Waals surface area (Å²) in [6, 6.07) is 21.0. The molecule has 2 nitrogen and oxygen atoms in total. The molecule has 0 aliphatic heterocycles. The van der Waals surface area contributed by atoms with Crippen molar-refractivity contribution in [2.45, 2.75) is 26.8 Å². The Balaban J connectivity index is 2.04.